The number of aliphatic hydroxyl groups is 1. The molecule has 3 nitrogen and oxygen atoms in total. The molecule has 2 rings (SSSR count). The second-order valence-electron chi connectivity index (χ2n) is 6.24. The van der Waals surface area contributed by atoms with Crippen LogP contribution in [0.25, 0.3) is 0 Å². The topological polar surface area (TPSA) is 49.3 Å². The van der Waals surface area contributed by atoms with Crippen LogP contribution in [0.3, 0.4) is 0 Å². The van der Waals surface area contributed by atoms with Gasteiger partial charge in [-0.25, -0.2) is 0 Å². The van der Waals surface area contributed by atoms with Gasteiger partial charge in [0.25, 0.3) is 0 Å². The molecule has 1 fully saturated rings. The first-order valence-electron chi connectivity index (χ1n) is 7.50. The smallest absolute Gasteiger partial charge is 0.223 e. The summed E-state index contributed by atoms with van der Waals surface area (Å²) in [5.74, 6) is 1.00. The predicted molar refractivity (Wildman–Crippen MR) is 80.5 cm³/mol. The Hall–Kier alpha value is -1.35. The van der Waals surface area contributed by atoms with Crippen molar-refractivity contribution in [2.45, 2.75) is 45.6 Å². The van der Waals surface area contributed by atoms with E-state index < -0.39 is 0 Å². The maximum atomic E-state index is 12.1. The zero-order valence-electron chi connectivity index (χ0n) is 12.6. The van der Waals surface area contributed by atoms with Gasteiger partial charge in [-0.3, -0.25) is 4.79 Å². The molecule has 4 atom stereocenters. The van der Waals surface area contributed by atoms with Gasteiger partial charge in [-0.2, -0.15) is 0 Å². The van der Waals surface area contributed by atoms with Gasteiger partial charge in [0.15, 0.2) is 0 Å². The van der Waals surface area contributed by atoms with Crippen LogP contribution in [0.2, 0.25) is 0 Å². The van der Waals surface area contributed by atoms with Gasteiger partial charge in [-0.15, -0.1) is 0 Å². The van der Waals surface area contributed by atoms with Crippen LogP contribution in [0.15, 0.2) is 24.3 Å². The first-order chi connectivity index (χ1) is 9.49. The molecule has 0 aliphatic heterocycles. The maximum Gasteiger partial charge on any atom is 0.223 e. The molecular weight excluding hydrogens is 250 g/mol. The van der Waals surface area contributed by atoms with Crippen molar-refractivity contribution in [3.8, 4) is 0 Å². The average Bonchev–Trinajstić information content (AvgIpc) is 3.16. The molecule has 0 radical (unpaired) electrons. The van der Waals surface area contributed by atoms with Gasteiger partial charge in [-0.05, 0) is 49.7 Å². The van der Waals surface area contributed by atoms with Gasteiger partial charge in [0, 0.05) is 12.5 Å². The van der Waals surface area contributed by atoms with E-state index in [0.717, 1.165) is 12.8 Å². The van der Waals surface area contributed by atoms with E-state index in [1.807, 2.05) is 12.1 Å². The fourth-order valence-electron chi connectivity index (χ4n) is 2.90. The number of benzene rings is 1. The van der Waals surface area contributed by atoms with E-state index in [0.29, 0.717) is 18.4 Å². The molecule has 0 saturated heterocycles. The summed E-state index contributed by atoms with van der Waals surface area (Å²) in [4.78, 5) is 12.1. The summed E-state index contributed by atoms with van der Waals surface area (Å²) in [5.41, 5.74) is 2.58. The number of hydrogen-bond donors (Lipinski definition) is 2. The Balaban J connectivity index is 1.80. The van der Waals surface area contributed by atoms with Gasteiger partial charge >= 0.3 is 0 Å². The van der Waals surface area contributed by atoms with E-state index in [1.54, 1.807) is 6.92 Å². The lowest BCUT2D eigenvalue weighted by Gasteiger charge is -2.14. The lowest BCUT2D eigenvalue weighted by atomic mass is 10.0. The van der Waals surface area contributed by atoms with Crippen LogP contribution >= 0.6 is 0 Å². The molecule has 4 unspecified atom stereocenters. The first-order valence-corrected chi connectivity index (χ1v) is 7.50. The van der Waals surface area contributed by atoms with Crippen LogP contribution in [-0.2, 0) is 4.79 Å². The van der Waals surface area contributed by atoms with Crippen molar-refractivity contribution < 1.29 is 9.90 Å². The predicted octanol–water partition coefficient (Wildman–Crippen LogP) is 2.62. The Morgan fingerprint density at radius 2 is 2.10 bits per heavy atom. The molecule has 0 aromatic heterocycles. The molecule has 1 amide bonds. The minimum absolute atomic E-state index is 0.134. The zero-order chi connectivity index (χ0) is 14.7. The summed E-state index contributed by atoms with van der Waals surface area (Å²) in [6, 6.07) is 8.31. The van der Waals surface area contributed by atoms with Crippen molar-refractivity contribution in [1.82, 2.24) is 5.32 Å². The third-order valence-corrected chi connectivity index (χ3v) is 4.08. The molecule has 1 saturated carbocycles. The highest BCUT2D eigenvalue weighted by Gasteiger charge is 2.44. The number of nitrogens with one attached hydrogen (secondary N) is 1. The fourth-order valence-corrected chi connectivity index (χ4v) is 2.90. The van der Waals surface area contributed by atoms with Gasteiger partial charge in [0.05, 0.1) is 6.10 Å². The van der Waals surface area contributed by atoms with Crippen LogP contribution in [0.4, 0.5) is 0 Å². The van der Waals surface area contributed by atoms with E-state index in [-0.39, 0.29) is 17.9 Å². The molecule has 1 aliphatic carbocycles. The molecule has 1 aliphatic rings. The third kappa shape index (κ3) is 3.83. The van der Waals surface area contributed by atoms with E-state index in [4.69, 9.17) is 0 Å². The average molecular weight is 275 g/mol. The van der Waals surface area contributed by atoms with Crippen LogP contribution in [-0.4, -0.2) is 23.7 Å². The number of aryl methyl sites for hydroxylation is 1. The molecule has 2 N–H and O–H groups in total. The monoisotopic (exact) mass is 275 g/mol. The molecular formula is C17H25NO2. The molecule has 110 valence electrons. The van der Waals surface area contributed by atoms with Crippen molar-refractivity contribution in [3.63, 3.8) is 0 Å². The molecule has 1 aromatic rings. The van der Waals surface area contributed by atoms with Gasteiger partial charge in [-0.1, -0.05) is 31.2 Å². The van der Waals surface area contributed by atoms with Crippen molar-refractivity contribution in [2.75, 3.05) is 6.54 Å². The Labute approximate surface area is 121 Å². The van der Waals surface area contributed by atoms with Crippen molar-refractivity contribution in [1.29, 1.82) is 0 Å². The molecule has 3 heteroatoms. The van der Waals surface area contributed by atoms with Crippen LogP contribution in [0, 0.1) is 18.8 Å². The fraction of sp³-hybridized carbons (Fsp3) is 0.588. The quantitative estimate of drug-likeness (QED) is 0.838. The second-order valence-corrected chi connectivity index (χ2v) is 6.24. The van der Waals surface area contributed by atoms with Crippen LogP contribution in [0.1, 0.15) is 43.7 Å². The summed E-state index contributed by atoms with van der Waals surface area (Å²) in [6.07, 6.45) is 1.38. The van der Waals surface area contributed by atoms with Crippen molar-refractivity contribution >= 4 is 5.91 Å². The van der Waals surface area contributed by atoms with Crippen molar-refractivity contribution in [3.05, 3.63) is 35.4 Å². The van der Waals surface area contributed by atoms with E-state index in [9.17, 15) is 9.90 Å². The lowest BCUT2D eigenvalue weighted by molar-refractivity contribution is -0.122. The standard InChI is InChI=1S/C17H25NO2/c1-11(8-13(3)19)10-18-17(20)16-9-15(16)14-7-5-4-6-12(14)2/h4-7,11,13,15-16,19H,8-10H2,1-3H3,(H,18,20). The van der Waals surface area contributed by atoms with E-state index in [2.05, 4.69) is 31.3 Å². The van der Waals surface area contributed by atoms with Crippen LogP contribution < -0.4 is 5.32 Å². The minimum Gasteiger partial charge on any atom is -0.393 e. The summed E-state index contributed by atoms with van der Waals surface area (Å²) in [7, 11) is 0. The Bertz CT molecular complexity index is 470. The number of carbonyl (C=O) groups is 1. The van der Waals surface area contributed by atoms with E-state index in [1.165, 1.54) is 11.1 Å². The second kappa shape index (κ2) is 6.40. The number of carbonyl (C=O) groups excluding carboxylic acids is 1. The van der Waals surface area contributed by atoms with Crippen LogP contribution in [0.5, 0.6) is 0 Å². The zero-order valence-corrected chi connectivity index (χ0v) is 12.6. The summed E-state index contributed by atoms with van der Waals surface area (Å²) in [5, 5.41) is 12.3. The molecule has 20 heavy (non-hydrogen) atoms. The highest BCUT2D eigenvalue weighted by molar-refractivity contribution is 5.83. The van der Waals surface area contributed by atoms with Gasteiger partial charge < -0.3 is 10.4 Å². The Morgan fingerprint density at radius 3 is 2.75 bits per heavy atom. The lowest BCUT2D eigenvalue weighted by Crippen LogP contribution is -2.31. The number of rotatable bonds is 6. The molecule has 0 bridgehead atoms. The number of aliphatic hydroxyl groups excluding tert-OH is 1. The van der Waals surface area contributed by atoms with Gasteiger partial charge in [0.1, 0.15) is 0 Å². The Kier molecular flexibility index (Phi) is 4.81. The highest BCUT2D eigenvalue weighted by atomic mass is 16.3. The summed E-state index contributed by atoms with van der Waals surface area (Å²) < 4.78 is 0. The summed E-state index contributed by atoms with van der Waals surface area (Å²) >= 11 is 0. The van der Waals surface area contributed by atoms with E-state index >= 15 is 0 Å². The normalized spacial score (nSPS) is 24.0. The molecule has 0 heterocycles. The van der Waals surface area contributed by atoms with Crippen molar-refractivity contribution in [2.24, 2.45) is 11.8 Å². The maximum absolute atomic E-state index is 12.1. The Morgan fingerprint density at radius 1 is 1.40 bits per heavy atom. The number of hydrogen-bond acceptors (Lipinski definition) is 2. The largest absolute Gasteiger partial charge is 0.393 e. The molecule has 0 spiro atoms. The third-order valence-electron chi connectivity index (χ3n) is 4.08. The SMILES string of the molecule is Cc1ccccc1C1CC1C(=O)NCC(C)CC(C)O. The number of amides is 1. The molecule has 1 aromatic carbocycles. The minimum atomic E-state index is -0.303. The highest BCUT2D eigenvalue weighted by Crippen LogP contribution is 2.48. The first kappa shape index (κ1) is 15.0. The van der Waals surface area contributed by atoms with Gasteiger partial charge in [0.2, 0.25) is 5.91 Å². The summed E-state index contributed by atoms with van der Waals surface area (Å²) in [6.45, 7) is 6.60.